The Hall–Kier alpha value is -2.38. The Morgan fingerprint density at radius 1 is 0.957 bits per heavy atom. The third-order valence-electron chi connectivity index (χ3n) is 9.44. The topological polar surface area (TPSA) is 109 Å². The molecule has 8 nitrogen and oxygen atoms in total. The molecule has 1 unspecified atom stereocenters. The van der Waals surface area contributed by atoms with Gasteiger partial charge in [0.05, 0.1) is 26.4 Å². The molecule has 2 aromatic carbocycles. The minimum atomic E-state index is -3.38. The molecule has 2 amide bonds. The normalized spacial score (nSPS) is 17.2. The minimum Gasteiger partial charge on any atom is -0.382 e. The lowest BCUT2D eigenvalue weighted by Crippen LogP contribution is -2.54. The molecule has 1 heterocycles. The van der Waals surface area contributed by atoms with E-state index in [1.165, 1.54) is 33.6 Å². The van der Waals surface area contributed by atoms with Gasteiger partial charge in [-0.1, -0.05) is 70.3 Å². The number of nitrogens with one attached hydrogen (secondary N) is 2. The monoisotopic (exact) mass is 683 g/mol. The Labute approximate surface area is 279 Å². The number of anilines is 1. The van der Waals surface area contributed by atoms with Crippen LogP contribution < -0.4 is 9.70 Å². The number of hydrogen-bond acceptors (Lipinski definition) is 6. The number of rotatable bonds is 12. The van der Waals surface area contributed by atoms with Gasteiger partial charge in [0.2, 0.25) is 0 Å². The van der Waals surface area contributed by atoms with Gasteiger partial charge in [0.25, 0.3) is 0 Å². The van der Waals surface area contributed by atoms with Gasteiger partial charge < -0.3 is 19.9 Å². The highest BCUT2D eigenvalue weighted by molar-refractivity contribution is 7.95. The fraction of sp³-hybridized carbons (Fsp3) is 0.514. The molecule has 2 aliphatic carbocycles. The smallest absolute Gasteiger partial charge is 0.354 e. The number of ether oxygens (including phenoxy) is 2. The first-order chi connectivity index (χ1) is 21.7. The SMILES string of the molecule is CC(C)(C)[Si](C)(C)NS(=O)(=NC(=O)Nc1c2c(cc3c1CCC3)CCC2)c1ccc([C@@](C)(O)COCCOCc2ccccc2)s1. The van der Waals surface area contributed by atoms with Crippen LogP contribution in [0.15, 0.2) is 57.1 Å². The Balaban J connectivity index is 1.34. The molecule has 3 aromatic rings. The number of carbonyl (C=O) groups excluding carboxylic acids is 1. The van der Waals surface area contributed by atoms with Crippen LogP contribution in [0.2, 0.25) is 18.1 Å². The quantitative estimate of drug-likeness (QED) is 0.134. The molecule has 0 saturated carbocycles. The molecule has 0 fully saturated rings. The molecule has 2 atom stereocenters. The van der Waals surface area contributed by atoms with Gasteiger partial charge in [-0.15, -0.1) is 15.7 Å². The van der Waals surface area contributed by atoms with Gasteiger partial charge >= 0.3 is 6.03 Å². The number of thiophene rings is 1. The molecule has 1 aromatic heterocycles. The van der Waals surface area contributed by atoms with E-state index in [0.29, 0.717) is 28.9 Å². The van der Waals surface area contributed by atoms with E-state index in [4.69, 9.17) is 9.47 Å². The van der Waals surface area contributed by atoms with Crippen molar-refractivity contribution in [2.45, 2.75) is 101 Å². The zero-order chi connectivity index (χ0) is 33.2. The number of carbonyl (C=O) groups is 1. The van der Waals surface area contributed by atoms with Crippen molar-refractivity contribution in [1.29, 1.82) is 0 Å². The summed E-state index contributed by atoms with van der Waals surface area (Å²) in [5.41, 5.74) is 5.67. The summed E-state index contributed by atoms with van der Waals surface area (Å²) in [7, 11) is -5.79. The van der Waals surface area contributed by atoms with Crippen LogP contribution in [-0.2, 0) is 57.3 Å². The molecule has 11 heteroatoms. The van der Waals surface area contributed by atoms with Crippen LogP contribution in [0, 0.1) is 0 Å². The fourth-order valence-corrected chi connectivity index (χ4v) is 13.0. The Bertz CT molecular complexity index is 1640. The Morgan fingerprint density at radius 2 is 1.59 bits per heavy atom. The Morgan fingerprint density at radius 3 is 2.22 bits per heavy atom. The van der Waals surface area contributed by atoms with Crippen LogP contribution in [-0.4, -0.2) is 43.4 Å². The maximum atomic E-state index is 14.9. The molecule has 0 saturated heterocycles. The van der Waals surface area contributed by atoms with Crippen molar-refractivity contribution < 1.29 is 23.6 Å². The van der Waals surface area contributed by atoms with Gasteiger partial charge in [0, 0.05) is 10.6 Å². The highest BCUT2D eigenvalue weighted by Crippen LogP contribution is 2.40. The summed E-state index contributed by atoms with van der Waals surface area (Å²) >= 11 is 1.20. The second-order valence-corrected chi connectivity index (χ2v) is 22.8. The predicted octanol–water partition coefficient (Wildman–Crippen LogP) is 7.74. The van der Waals surface area contributed by atoms with Crippen LogP contribution >= 0.6 is 11.3 Å². The van der Waals surface area contributed by atoms with Gasteiger partial charge in [0.1, 0.15) is 28.0 Å². The summed E-state index contributed by atoms with van der Waals surface area (Å²) in [4.78, 5) is 14.3. The maximum Gasteiger partial charge on any atom is 0.354 e. The van der Waals surface area contributed by atoms with E-state index < -0.39 is 29.8 Å². The summed E-state index contributed by atoms with van der Waals surface area (Å²) in [6.07, 6.45) is 6.05. The lowest BCUT2D eigenvalue weighted by atomic mass is 9.99. The van der Waals surface area contributed by atoms with E-state index in [1.54, 1.807) is 19.1 Å². The number of hydrogen-bond donors (Lipinski definition) is 3. The molecule has 0 spiro atoms. The highest BCUT2D eigenvalue weighted by atomic mass is 32.2. The minimum absolute atomic E-state index is 0.0420. The van der Waals surface area contributed by atoms with Gasteiger partial charge in [-0.25, -0.2) is 13.4 Å². The summed E-state index contributed by atoms with van der Waals surface area (Å²) < 4.78 is 34.6. The average Bonchev–Trinajstić information content (AvgIpc) is 3.76. The first-order valence-electron chi connectivity index (χ1n) is 16.2. The van der Waals surface area contributed by atoms with Crippen LogP contribution in [0.5, 0.6) is 0 Å². The van der Waals surface area contributed by atoms with E-state index in [9.17, 15) is 14.1 Å². The number of aryl methyl sites for hydroxylation is 2. The second-order valence-electron chi connectivity index (χ2n) is 14.2. The predicted molar refractivity (Wildman–Crippen MR) is 189 cm³/mol. The summed E-state index contributed by atoms with van der Waals surface area (Å²) in [6, 6.07) is 15.1. The number of nitrogens with zero attached hydrogens (tertiary/aromatic N) is 1. The zero-order valence-electron chi connectivity index (χ0n) is 28.0. The Kier molecular flexibility index (Phi) is 10.6. The van der Waals surface area contributed by atoms with Crippen molar-refractivity contribution in [3.05, 3.63) is 81.2 Å². The molecule has 250 valence electrons. The fourth-order valence-electron chi connectivity index (χ4n) is 5.81. The standard InChI is InChI=1S/C35H49N3O5S2Si/c1-34(2,3)46(5,6)38-45(41,37-33(39)36-32-28-16-10-14-26(28)22-27-15-11-17-29(27)32)31-19-18-30(44-31)35(4,40)24-43-21-20-42-23-25-12-8-7-9-13-25/h7-9,12-13,18-19,22,40H,10-11,14-17,20-21,23-24H2,1-6H3,(H2,36,37,38,39,41)/t35-,45?/m0/s1. The summed E-state index contributed by atoms with van der Waals surface area (Å²) in [5, 5.41) is 14.3. The third kappa shape index (κ3) is 8.00. The first-order valence-corrected chi connectivity index (χ1v) is 21.6. The lowest BCUT2D eigenvalue weighted by molar-refractivity contribution is -0.0508. The summed E-state index contributed by atoms with van der Waals surface area (Å²) in [5.74, 6) is 0. The number of urea groups is 1. The number of fused-ring (bicyclic) bond motifs is 2. The molecular formula is C35H49N3O5S2Si. The molecule has 2 aliphatic rings. The first kappa shape index (κ1) is 34.9. The van der Waals surface area contributed by atoms with Crippen molar-refractivity contribution in [1.82, 2.24) is 4.39 Å². The average molecular weight is 684 g/mol. The van der Waals surface area contributed by atoms with E-state index in [0.717, 1.165) is 49.8 Å². The van der Waals surface area contributed by atoms with E-state index in [1.807, 2.05) is 30.3 Å². The third-order valence-corrected chi connectivity index (χ3v) is 19.5. The van der Waals surface area contributed by atoms with Crippen LogP contribution in [0.25, 0.3) is 0 Å². The molecule has 46 heavy (non-hydrogen) atoms. The molecule has 0 bridgehead atoms. The van der Waals surface area contributed by atoms with Gasteiger partial charge in [-0.2, -0.15) is 0 Å². The maximum absolute atomic E-state index is 14.9. The van der Waals surface area contributed by atoms with Gasteiger partial charge in [-0.05, 0) is 90.4 Å². The zero-order valence-corrected chi connectivity index (χ0v) is 30.7. The summed E-state index contributed by atoms with van der Waals surface area (Å²) in [6.45, 7) is 13.5. The number of benzene rings is 2. The van der Waals surface area contributed by atoms with Gasteiger partial charge in [-0.3, -0.25) is 0 Å². The molecule has 0 radical (unpaired) electrons. The molecular weight excluding hydrogens is 635 g/mol. The van der Waals surface area contributed by atoms with Crippen molar-refractivity contribution in [2.24, 2.45) is 4.36 Å². The van der Waals surface area contributed by atoms with E-state index in [-0.39, 0.29) is 11.6 Å². The lowest BCUT2D eigenvalue weighted by Gasteiger charge is -2.37. The van der Waals surface area contributed by atoms with Crippen molar-refractivity contribution in [2.75, 3.05) is 25.1 Å². The number of aliphatic hydroxyl groups is 1. The van der Waals surface area contributed by atoms with Crippen LogP contribution in [0.3, 0.4) is 0 Å². The van der Waals surface area contributed by atoms with Crippen molar-refractivity contribution >= 4 is 41.2 Å². The molecule has 5 rings (SSSR count). The van der Waals surface area contributed by atoms with Crippen LogP contribution in [0.1, 0.15) is 73.2 Å². The van der Waals surface area contributed by atoms with E-state index >= 15 is 0 Å². The van der Waals surface area contributed by atoms with Crippen molar-refractivity contribution in [3.63, 3.8) is 0 Å². The molecule has 0 aliphatic heterocycles. The van der Waals surface area contributed by atoms with E-state index in [2.05, 4.69) is 54.0 Å². The number of amides is 2. The molecule has 3 N–H and O–H groups in total. The second kappa shape index (κ2) is 14.0. The van der Waals surface area contributed by atoms with Crippen molar-refractivity contribution in [3.8, 4) is 0 Å². The largest absolute Gasteiger partial charge is 0.382 e. The van der Waals surface area contributed by atoms with Gasteiger partial charge in [0.15, 0.2) is 0 Å². The van der Waals surface area contributed by atoms with Crippen LogP contribution in [0.4, 0.5) is 10.5 Å². The highest BCUT2D eigenvalue weighted by Gasteiger charge is 2.40.